The number of carbonyl (C=O) groups excluding carboxylic acids is 1. The molecule has 5 aliphatic rings. The van der Waals surface area contributed by atoms with E-state index in [0.717, 1.165) is 43.6 Å². The van der Waals surface area contributed by atoms with Gasteiger partial charge in [-0.1, -0.05) is 17.7 Å². The fourth-order valence-electron chi connectivity index (χ4n) is 9.50. The van der Waals surface area contributed by atoms with Crippen molar-refractivity contribution >= 4 is 60.8 Å². The fourth-order valence-corrected chi connectivity index (χ4v) is 10.7. The number of aromatic nitrogens is 5. The second-order valence-electron chi connectivity index (χ2n) is 15.3. The molecule has 55 heavy (non-hydrogen) atoms. The van der Waals surface area contributed by atoms with Crippen LogP contribution in [0.2, 0.25) is 5.02 Å². The number of hydrogen-bond acceptors (Lipinski definition) is 12. The van der Waals surface area contributed by atoms with Crippen LogP contribution in [0.5, 0.6) is 6.01 Å². The van der Waals surface area contributed by atoms with Crippen molar-refractivity contribution in [1.29, 1.82) is 5.26 Å². The van der Waals surface area contributed by atoms with Crippen molar-refractivity contribution < 1.29 is 27.4 Å². The summed E-state index contributed by atoms with van der Waals surface area (Å²) in [4.78, 5) is 32.7. The Morgan fingerprint density at radius 3 is 2.85 bits per heavy atom. The molecule has 3 aromatic heterocycles. The lowest BCUT2D eigenvalue weighted by molar-refractivity contribution is -0.180. The number of fused-ring (bicyclic) bond motifs is 3. The Morgan fingerprint density at radius 1 is 1.22 bits per heavy atom. The normalized spacial score (nSPS) is 26.5. The molecule has 1 saturated carbocycles. The molecule has 1 aliphatic carbocycles. The number of thiophene rings is 1. The highest BCUT2D eigenvalue weighted by molar-refractivity contribution is 7.23. The number of hydrogen-bond donors (Lipinski definition) is 1. The number of ether oxygens (including phenoxy) is 2. The molecule has 2 aromatic carbocycles. The van der Waals surface area contributed by atoms with E-state index in [1.54, 1.807) is 11.0 Å². The van der Waals surface area contributed by atoms with E-state index in [4.69, 9.17) is 31.8 Å². The molecule has 4 aliphatic heterocycles. The summed E-state index contributed by atoms with van der Waals surface area (Å²) in [6.45, 7) is 2.57. The maximum Gasteiger partial charge on any atom is 0.346 e. The number of carbonyl (C=O) groups is 1. The highest BCUT2D eigenvalue weighted by Crippen LogP contribution is 2.51. The Bertz CT molecular complexity index is 2440. The van der Waals surface area contributed by atoms with E-state index >= 15 is 8.78 Å². The van der Waals surface area contributed by atoms with Crippen LogP contribution in [0, 0.1) is 28.9 Å². The topological polar surface area (TPSA) is 152 Å². The van der Waals surface area contributed by atoms with E-state index in [1.165, 1.54) is 29.5 Å². The Balaban J connectivity index is 1.08. The number of nitrogen functional groups attached to an aromatic ring is 1. The molecule has 13 nitrogen and oxygen atoms in total. The van der Waals surface area contributed by atoms with Gasteiger partial charge in [-0.3, -0.25) is 4.90 Å². The zero-order chi connectivity index (χ0) is 37.8. The van der Waals surface area contributed by atoms with Crippen molar-refractivity contribution in [3.8, 4) is 23.2 Å². The van der Waals surface area contributed by atoms with Crippen molar-refractivity contribution in [3.05, 3.63) is 53.1 Å². The average Bonchev–Trinajstić information content (AvgIpc) is 3.46. The molecule has 0 radical (unpaired) electrons. The zero-order valence-electron chi connectivity index (χ0n) is 29.4. The molecule has 2 N–H and O–H groups in total. The van der Waals surface area contributed by atoms with Gasteiger partial charge in [0.25, 0.3) is 0 Å². The first-order chi connectivity index (χ1) is 26.6. The van der Waals surface area contributed by atoms with Crippen molar-refractivity contribution in [2.24, 2.45) is 5.92 Å². The predicted octanol–water partition coefficient (Wildman–Crippen LogP) is 5.78. The molecule has 1 spiro atoms. The van der Waals surface area contributed by atoms with Crippen molar-refractivity contribution in [2.75, 3.05) is 56.6 Å². The van der Waals surface area contributed by atoms with Gasteiger partial charge >= 0.3 is 12.0 Å². The fraction of sp³-hybridized carbons (Fsp3) is 0.459. The highest BCUT2D eigenvalue weighted by Gasteiger charge is 2.63. The third-order valence-electron chi connectivity index (χ3n) is 12.0. The van der Waals surface area contributed by atoms with E-state index in [0.29, 0.717) is 50.4 Å². The minimum atomic E-state index is -0.974. The summed E-state index contributed by atoms with van der Waals surface area (Å²) < 4.78 is 61.2. The minimum absolute atomic E-state index is 0.00223. The number of nitriles is 1. The number of anilines is 2. The smallest absolute Gasteiger partial charge is 0.346 e. The number of halogens is 4. The second kappa shape index (κ2) is 12.6. The number of benzene rings is 2. The van der Waals surface area contributed by atoms with Crippen molar-refractivity contribution in [3.63, 3.8) is 0 Å². The average molecular weight is 791 g/mol. The molecule has 284 valence electrons. The lowest BCUT2D eigenvalue weighted by Gasteiger charge is -2.60. The van der Waals surface area contributed by atoms with Gasteiger partial charge in [0, 0.05) is 35.8 Å². The van der Waals surface area contributed by atoms with Crippen molar-refractivity contribution in [1.82, 2.24) is 34.5 Å². The van der Waals surface area contributed by atoms with Crippen LogP contribution in [-0.4, -0.2) is 110 Å². The molecule has 5 aromatic rings. The van der Waals surface area contributed by atoms with E-state index in [9.17, 15) is 14.4 Å². The SMILES string of the molecule is N#Cc1c(N)sc2c(F)ccc(-c3c(Cl)cc4c(N5CCOC6(C5)CN(C(=O)n5cncn5)C6C5CC5)nc(OC[C@@]56CCCN5C[C@H](F)C6)nc4c3F)c12. The Kier molecular flexibility index (Phi) is 7.97. The van der Waals surface area contributed by atoms with Gasteiger partial charge in [0.1, 0.15) is 59.3 Å². The molecule has 5 fully saturated rings. The van der Waals surface area contributed by atoms with Gasteiger partial charge in [-0.05, 0) is 55.8 Å². The van der Waals surface area contributed by atoms with Crippen LogP contribution in [0.15, 0.2) is 30.9 Å². The molecular formula is C37H34ClF3N10O3S. The van der Waals surface area contributed by atoms with E-state index in [1.807, 2.05) is 11.0 Å². The lowest BCUT2D eigenvalue weighted by atomic mass is 9.78. The van der Waals surface area contributed by atoms with Gasteiger partial charge in [0.15, 0.2) is 5.82 Å². The van der Waals surface area contributed by atoms with Crippen LogP contribution < -0.4 is 15.4 Å². The van der Waals surface area contributed by atoms with Crippen molar-refractivity contribution in [2.45, 2.75) is 55.5 Å². The molecule has 4 atom stereocenters. The molecule has 18 heteroatoms. The summed E-state index contributed by atoms with van der Waals surface area (Å²) in [6.07, 6.45) is 5.62. The summed E-state index contributed by atoms with van der Waals surface area (Å²) in [7, 11) is 0. The minimum Gasteiger partial charge on any atom is -0.461 e. The Labute approximate surface area is 321 Å². The molecule has 10 rings (SSSR count). The number of nitrogens with zero attached hydrogens (tertiary/aromatic N) is 9. The van der Waals surface area contributed by atoms with Gasteiger partial charge in [-0.25, -0.2) is 22.9 Å². The summed E-state index contributed by atoms with van der Waals surface area (Å²) >= 11 is 7.86. The quantitative estimate of drug-likeness (QED) is 0.223. The van der Waals surface area contributed by atoms with Crippen LogP contribution in [0.3, 0.4) is 0 Å². The monoisotopic (exact) mass is 790 g/mol. The maximum atomic E-state index is 17.3. The van der Waals surface area contributed by atoms with Crippen LogP contribution in [0.1, 0.15) is 37.7 Å². The Hall–Kier alpha value is -4.76. The zero-order valence-corrected chi connectivity index (χ0v) is 30.9. The van der Waals surface area contributed by atoms with E-state index in [2.05, 4.69) is 20.0 Å². The number of rotatable bonds is 6. The third kappa shape index (κ3) is 5.36. The lowest BCUT2D eigenvalue weighted by Crippen LogP contribution is -2.78. The largest absolute Gasteiger partial charge is 0.461 e. The summed E-state index contributed by atoms with van der Waals surface area (Å²) in [5, 5.41) is 14.6. The molecule has 4 saturated heterocycles. The first-order valence-corrected chi connectivity index (χ1v) is 19.5. The highest BCUT2D eigenvalue weighted by atomic mass is 35.5. The van der Waals surface area contributed by atoms with Gasteiger partial charge < -0.3 is 25.0 Å². The first kappa shape index (κ1) is 34.7. The predicted molar refractivity (Wildman–Crippen MR) is 198 cm³/mol. The molecular weight excluding hydrogens is 757 g/mol. The molecule has 2 unspecified atom stereocenters. The standard InChI is InChI=1S/C37H34ClF3N10O3S/c38-24-10-22-29(28(41)27(24)21-4-5-25(40)30-26(21)23(12-42)32(43)55-30)46-34(53-16-36-6-1-7-49(36)13-20(39)11-36)47-33(22)48-8-9-54-37(14-48)15-50(31(37)19-2-3-19)35(52)51-18-44-17-45-51/h4-5,10,17-20,31H,1-3,6-9,11,13-16,43H2/t20-,31?,36+,37?/m1/s1. The van der Waals surface area contributed by atoms with Gasteiger partial charge in [0.05, 0.1) is 46.6 Å². The van der Waals surface area contributed by atoms with Gasteiger partial charge in [0.2, 0.25) is 0 Å². The number of likely N-dealkylation sites (tertiary alicyclic amines) is 1. The van der Waals surface area contributed by atoms with Gasteiger partial charge in [-0.15, -0.1) is 11.3 Å². The van der Waals surface area contributed by atoms with E-state index < -0.39 is 28.9 Å². The third-order valence-corrected chi connectivity index (χ3v) is 13.3. The molecule has 7 heterocycles. The maximum absolute atomic E-state index is 17.3. The number of nitrogens with two attached hydrogens (primary N) is 1. The second-order valence-corrected chi connectivity index (χ2v) is 16.7. The number of amides is 1. The summed E-state index contributed by atoms with van der Waals surface area (Å²) in [6, 6.07) is 5.60. The van der Waals surface area contributed by atoms with Crippen LogP contribution in [0.25, 0.3) is 32.1 Å². The summed E-state index contributed by atoms with van der Waals surface area (Å²) in [5.41, 5.74) is 4.92. The number of morpholine rings is 1. The van der Waals surface area contributed by atoms with E-state index in [-0.39, 0.29) is 72.9 Å². The Morgan fingerprint density at radius 2 is 2.07 bits per heavy atom. The molecule has 1 amide bonds. The van der Waals surface area contributed by atoms with Gasteiger partial charge in [-0.2, -0.15) is 25.0 Å². The summed E-state index contributed by atoms with van der Waals surface area (Å²) in [5.74, 6) is -0.799. The van der Waals surface area contributed by atoms with Crippen LogP contribution >= 0.6 is 22.9 Å². The first-order valence-electron chi connectivity index (χ1n) is 18.3. The van der Waals surface area contributed by atoms with Crippen LogP contribution in [0.4, 0.5) is 28.8 Å². The van der Waals surface area contributed by atoms with Crippen LogP contribution in [-0.2, 0) is 4.74 Å². The number of alkyl halides is 1. The molecule has 0 bridgehead atoms.